The maximum Gasteiger partial charge on any atom is 0.410 e. The Morgan fingerprint density at radius 2 is 1.34 bits per heavy atom. The van der Waals surface area contributed by atoms with E-state index in [4.69, 9.17) is 28.9 Å². The summed E-state index contributed by atoms with van der Waals surface area (Å²) in [5, 5.41) is 0. The predicted molar refractivity (Wildman–Crippen MR) is 254 cm³/mol. The average Bonchev–Trinajstić information content (AvgIpc) is 3.92. The third-order valence-electron chi connectivity index (χ3n) is 11.6. The van der Waals surface area contributed by atoms with Gasteiger partial charge in [0.05, 0.1) is 24.0 Å². The zero-order valence-electron chi connectivity index (χ0n) is 40.6. The molecule has 0 unspecified atom stereocenters. The second kappa shape index (κ2) is 21.0. The van der Waals surface area contributed by atoms with Crippen LogP contribution in [0.15, 0.2) is 36.7 Å². The molecule has 0 N–H and O–H groups in total. The van der Waals surface area contributed by atoms with Gasteiger partial charge in [0.2, 0.25) is 0 Å². The van der Waals surface area contributed by atoms with Gasteiger partial charge in [-0.05, 0) is 110 Å². The average molecular weight is 893 g/mol. The normalized spacial score (nSPS) is 18.9. The molecule has 0 spiro atoms. The van der Waals surface area contributed by atoms with Crippen molar-refractivity contribution < 1.29 is 28.5 Å². The molecule has 1 saturated carbocycles. The summed E-state index contributed by atoms with van der Waals surface area (Å²) in [6.07, 6.45) is 10.5. The van der Waals surface area contributed by atoms with Gasteiger partial charge in [0.1, 0.15) is 36.3 Å². The number of benzene rings is 1. The molecule has 62 heavy (non-hydrogen) atoms. The Morgan fingerprint density at radius 3 is 1.90 bits per heavy atom. The van der Waals surface area contributed by atoms with Crippen LogP contribution in [0.5, 0.6) is 0 Å². The summed E-state index contributed by atoms with van der Waals surface area (Å²) in [5.74, 6) is 2.52. The van der Waals surface area contributed by atoms with E-state index in [0.29, 0.717) is 51.5 Å². The van der Waals surface area contributed by atoms with Gasteiger partial charge in [-0.3, -0.25) is 4.90 Å². The maximum atomic E-state index is 13.3. The van der Waals surface area contributed by atoms with Crippen molar-refractivity contribution in [3.8, 4) is 11.3 Å². The first kappa shape index (κ1) is 49.5. The van der Waals surface area contributed by atoms with Crippen molar-refractivity contribution in [2.45, 2.75) is 194 Å². The van der Waals surface area contributed by atoms with E-state index in [1.807, 2.05) is 46.4 Å². The molecular weight excluding hydrogens is 813 g/mol. The molecule has 14 heteroatoms. The van der Waals surface area contributed by atoms with Crippen molar-refractivity contribution in [3.63, 3.8) is 0 Å². The van der Waals surface area contributed by atoms with Crippen molar-refractivity contribution in [1.82, 2.24) is 28.9 Å². The van der Waals surface area contributed by atoms with E-state index < -0.39 is 27.3 Å². The van der Waals surface area contributed by atoms with Gasteiger partial charge >= 0.3 is 12.2 Å². The number of imidazole rings is 2. The van der Waals surface area contributed by atoms with E-state index in [2.05, 4.69) is 92.0 Å². The zero-order valence-corrected chi connectivity index (χ0v) is 42.6. The molecule has 2 fully saturated rings. The van der Waals surface area contributed by atoms with Gasteiger partial charge in [-0.2, -0.15) is 0 Å². The van der Waals surface area contributed by atoms with Gasteiger partial charge < -0.3 is 33.0 Å². The van der Waals surface area contributed by atoms with Crippen LogP contribution in [-0.2, 0) is 39.0 Å². The maximum absolute atomic E-state index is 13.3. The van der Waals surface area contributed by atoms with E-state index in [9.17, 15) is 9.59 Å². The number of carbonyl (C=O) groups is 2. The summed E-state index contributed by atoms with van der Waals surface area (Å²) in [5.41, 5.74) is 3.23. The largest absolute Gasteiger partial charge is 0.444 e. The topological polar surface area (TPSA) is 113 Å². The summed E-state index contributed by atoms with van der Waals surface area (Å²) >= 11 is 0. The molecule has 5 rings (SSSR count). The molecule has 1 aromatic carbocycles. The summed E-state index contributed by atoms with van der Waals surface area (Å²) in [6, 6.07) is 11.0. The van der Waals surface area contributed by atoms with Gasteiger partial charge in [0.15, 0.2) is 0 Å². The summed E-state index contributed by atoms with van der Waals surface area (Å²) in [4.78, 5) is 40.6. The number of aromatic nitrogens is 4. The van der Waals surface area contributed by atoms with Crippen molar-refractivity contribution in [1.29, 1.82) is 0 Å². The molecule has 3 aromatic rings. The number of carbonyl (C=O) groups excluding carboxylic acids is 2. The monoisotopic (exact) mass is 893 g/mol. The van der Waals surface area contributed by atoms with Crippen LogP contribution in [0.2, 0.25) is 51.4 Å². The minimum Gasteiger partial charge on any atom is -0.444 e. The number of nitrogens with zero attached hydrogens (tertiary/aromatic N) is 6. The number of likely N-dealkylation sites (tertiary alicyclic amines) is 1. The third kappa shape index (κ3) is 15.1. The number of amides is 2. The molecule has 346 valence electrons. The lowest BCUT2D eigenvalue weighted by Gasteiger charge is -2.29. The molecule has 12 nitrogen and oxygen atoms in total. The van der Waals surface area contributed by atoms with Crippen molar-refractivity contribution in [3.05, 3.63) is 59.6 Å². The molecule has 1 saturated heterocycles. The number of ether oxygens (including phenoxy) is 4. The van der Waals surface area contributed by atoms with E-state index in [1.54, 1.807) is 4.90 Å². The summed E-state index contributed by atoms with van der Waals surface area (Å²) < 4.78 is 28.3. The smallest absolute Gasteiger partial charge is 0.410 e. The first-order valence-corrected chi connectivity index (χ1v) is 30.8. The highest BCUT2D eigenvalue weighted by Crippen LogP contribution is 2.42. The molecule has 2 aliphatic rings. The molecule has 2 amide bonds. The second-order valence-corrected chi connectivity index (χ2v) is 33.3. The fraction of sp³-hybridized carbons (Fsp3) is 0.708. The summed E-state index contributed by atoms with van der Waals surface area (Å²) in [6.45, 7) is 31.5. The number of hydrogen-bond acceptors (Lipinski definition) is 8. The van der Waals surface area contributed by atoms with Crippen LogP contribution >= 0.6 is 0 Å². The van der Waals surface area contributed by atoms with Crippen LogP contribution in [0.3, 0.4) is 0 Å². The molecule has 0 radical (unpaired) electrons. The van der Waals surface area contributed by atoms with Crippen LogP contribution in [0, 0.1) is 0 Å². The Bertz CT molecular complexity index is 1890. The SMILES string of the molecule is CCCN(Cc1nc(-c2ccc(C3CCC(c4cn(COCC[Si](C)(C)C)c([C@@H]5CCCN5C(=O)OC(C)(C)C)n4)CC3)cc2)cn1COCC[Si](C)(C)C)C(=O)OC(C)(C)C. The van der Waals surface area contributed by atoms with Crippen LogP contribution in [0.4, 0.5) is 9.59 Å². The molecule has 1 atom stereocenters. The Hall–Kier alpha value is -3.47. The van der Waals surface area contributed by atoms with Gasteiger partial charge in [0.25, 0.3) is 0 Å². The molecule has 3 heterocycles. The molecule has 0 bridgehead atoms. The molecular formula is C48H80N6O6Si2. The fourth-order valence-electron chi connectivity index (χ4n) is 8.16. The van der Waals surface area contributed by atoms with Gasteiger partial charge in [-0.25, -0.2) is 19.6 Å². The lowest BCUT2D eigenvalue weighted by Crippen LogP contribution is -2.37. The minimum absolute atomic E-state index is 0.126. The van der Waals surface area contributed by atoms with E-state index in [-0.39, 0.29) is 18.2 Å². The highest BCUT2D eigenvalue weighted by Gasteiger charge is 2.37. The first-order chi connectivity index (χ1) is 29.0. The molecule has 1 aliphatic carbocycles. The Kier molecular flexibility index (Phi) is 16.8. The highest BCUT2D eigenvalue weighted by molar-refractivity contribution is 6.76. The lowest BCUT2D eigenvalue weighted by atomic mass is 9.77. The standard InChI is InChI=1S/C48H80N6O6Si2/c1-14-25-51(45(55)59-47(2,3)4)33-43-49-40(31-52(43)34-57-27-29-61(8,9)10)38-21-17-36(18-22-38)37-19-23-39(24-20-37)41-32-53(35-58-28-30-62(11,12)13)44(50-41)42-16-15-26-54(42)46(56)60-48(5,6)7/h17-18,21-22,31-32,37,39,42H,14-16,19-20,23-30,33-35H2,1-13H3/t37?,39?,42-/m0/s1. The third-order valence-corrected chi connectivity index (χ3v) is 15.0. The quantitative estimate of drug-likeness (QED) is 0.0916. The Balaban J connectivity index is 1.29. The van der Waals surface area contributed by atoms with Crippen molar-refractivity contribution in [2.75, 3.05) is 26.3 Å². The number of hydrogen-bond donors (Lipinski definition) is 0. The second-order valence-electron chi connectivity index (χ2n) is 22.1. The van der Waals surface area contributed by atoms with Crippen LogP contribution < -0.4 is 0 Å². The van der Waals surface area contributed by atoms with Crippen molar-refractivity contribution in [2.24, 2.45) is 0 Å². The molecule has 2 aromatic heterocycles. The first-order valence-electron chi connectivity index (χ1n) is 23.3. The van der Waals surface area contributed by atoms with Gasteiger partial charge in [-0.15, -0.1) is 0 Å². The van der Waals surface area contributed by atoms with Crippen LogP contribution in [0.1, 0.15) is 134 Å². The minimum atomic E-state index is -1.24. The van der Waals surface area contributed by atoms with Gasteiger partial charge in [-0.1, -0.05) is 70.5 Å². The Labute approximate surface area is 375 Å². The van der Waals surface area contributed by atoms with Crippen molar-refractivity contribution >= 4 is 28.3 Å². The molecule has 1 aliphatic heterocycles. The number of rotatable bonds is 18. The lowest BCUT2D eigenvalue weighted by molar-refractivity contribution is 0.0199. The predicted octanol–water partition coefficient (Wildman–Crippen LogP) is 12.0. The van der Waals surface area contributed by atoms with E-state index in [0.717, 1.165) is 92.2 Å². The van der Waals surface area contributed by atoms with Crippen LogP contribution in [-0.4, -0.2) is 94.7 Å². The van der Waals surface area contributed by atoms with E-state index >= 15 is 0 Å². The zero-order chi connectivity index (χ0) is 45.5. The van der Waals surface area contributed by atoms with Gasteiger partial charge in [0, 0.05) is 66.3 Å². The summed E-state index contributed by atoms with van der Waals surface area (Å²) in [7, 11) is -2.48. The van der Waals surface area contributed by atoms with E-state index in [1.165, 1.54) is 5.56 Å². The highest BCUT2D eigenvalue weighted by atomic mass is 28.3. The Morgan fingerprint density at radius 1 is 0.758 bits per heavy atom. The fourth-order valence-corrected chi connectivity index (χ4v) is 9.67. The van der Waals surface area contributed by atoms with Crippen LogP contribution in [0.25, 0.3) is 11.3 Å².